The number of ether oxygens (including phenoxy) is 1. The molecule has 1 fully saturated rings. The normalized spacial score (nSPS) is 21.9. The summed E-state index contributed by atoms with van der Waals surface area (Å²) in [6, 6.07) is -0.407. The Labute approximate surface area is 90.9 Å². The number of halogens is 1. The molecule has 1 amide bonds. The van der Waals surface area contributed by atoms with Gasteiger partial charge in [-0.3, -0.25) is 9.69 Å². The van der Waals surface area contributed by atoms with E-state index in [1.807, 2.05) is 0 Å². The van der Waals surface area contributed by atoms with Crippen LogP contribution in [0.15, 0.2) is 0 Å². The van der Waals surface area contributed by atoms with Gasteiger partial charge in [-0.25, -0.2) is 4.79 Å². The average Bonchev–Trinajstić information content (AvgIpc) is 2.27. The van der Waals surface area contributed by atoms with E-state index in [1.54, 1.807) is 0 Å². The zero-order chi connectivity index (χ0) is 10.6. The second kappa shape index (κ2) is 5.31. The first kappa shape index (κ1) is 11.5. The highest BCUT2D eigenvalue weighted by Gasteiger charge is 2.31. The molecule has 5 nitrogen and oxygen atoms in total. The Kier molecular flexibility index (Phi) is 4.34. The van der Waals surface area contributed by atoms with E-state index in [0.717, 1.165) is 0 Å². The summed E-state index contributed by atoms with van der Waals surface area (Å²) in [5.74, 6) is -0.0115. The van der Waals surface area contributed by atoms with Crippen molar-refractivity contribution in [2.45, 2.75) is 6.04 Å². The largest absolute Gasteiger partial charge is 0.453 e. The van der Waals surface area contributed by atoms with Crippen LogP contribution in [0.5, 0.6) is 0 Å². The molecule has 0 bridgehead atoms. The quantitative estimate of drug-likeness (QED) is 0.713. The van der Waals surface area contributed by atoms with Crippen molar-refractivity contribution in [2.24, 2.45) is 0 Å². The summed E-state index contributed by atoms with van der Waals surface area (Å²) in [6.45, 7) is 1.71. The van der Waals surface area contributed by atoms with E-state index < -0.39 is 12.1 Å². The Morgan fingerprint density at radius 1 is 1.64 bits per heavy atom. The summed E-state index contributed by atoms with van der Waals surface area (Å²) >= 11 is 3.09. The van der Waals surface area contributed by atoms with Gasteiger partial charge in [0.2, 0.25) is 0 Å². The van der Waals surface area contributed by atoms with Crippen LogP contribution in [0.1, 0.15) is 0 Å². The lowest BCUT2D eigenvalue weighted by atomic mass is 10.1. The predicted molar refractivity (Wildman–Crippen MR) is 54.6 cm³/mol. The fourth-order valence-corrected chi connectivity index (χ4v) is 1.79. The maximum Gasteiger partial charge on any atom is 0.410 e. The third-order valence-electron chi connectivity index (χ3n) is 2.16. The highest BCUT2D eigenvalue weighted by atomic mass is 79.9. The molecule has 1 rings (SSSR count). The fraction of sp³-hybridized carbons (Fsp3) is 0.750. The number of rotatable bonds is 2. The van der Waals surface area contributed by atoms with Crippen LogP contribution in [0.25, 0.3) is 0 Å². The van der Waals surface area contributed by atoms with Gasteiger partial charge in [0.05, 0.1) is 12.4 Å². The molecule has 1 aliphatic rings. The number of nitrogens with one attached hydrogen (secondary N) is 1. The maximum atomic E-state index is 11.5. The van der Waals surface area contributed by atoms with Crippen LogP contribution in [0.3, 0.4) is 0 Å². The van der Waals surface area contributed by atoms with Gasteiger partial charge in [-0.05, 0) is 0 Å². The van der Waals surface area contributed by atoms with Crippen LogP contribution in [0, 0.1) is 0 Å². The zero-order valence-corrected chi connectivity index (χ0v) is 9.54. The molecule has 0 aliphatic carbocycles. The van der Waals surface area contributed by atoms with E-state index in [-0.39, 0.29) is 11.1 Å². The van der Waals surface area contributed by atoms with Gasteiger partial charge in [-0.15, -0.1) is 0 Å². The van der Waals surface area contributed by atoms with Gasteiger partial charge in [0.25, 0.3) is 0 Å². The molecule has 0 aromatic rings. The van der Waals surface area contributed by atoms with Crippen LogP contribution in [-0.2, 0) is 9.53 Å². The molecular weight excluding hydrogens is 252 g/mol. The summed E-state index contributed by atoms with van der Waals surface area (Å²) in [5, 5.41) is 3.32. The minimum atomic E-state index is -0.439. The fourth-order valence-electron chi connectivity index (χ4n) is 1.42. The molecule has 0 spiro atoms. The van der Waals surface area contributed by atoms with Crippen molar-refractivity contribution in [2.75, 3.05) is 32.1 Å². The van der Waals surface area contributed by atoms with Crippen molar-refractivity contribution in [1.29, 1.82) is 0 Å². The number of alkyl halides is 1. The van der Waals surface area contributed by atoms with E-state index in [0.29, 0.717) is 19.6 Å². The summed E-state index contributed by atoms with van der Waals surface area (Å²) in [4.78, 5) is 24.2. The summed E-state index contributed by atoms with van der Waals surface area (Å²) in [5.41, 5.74) is 0. The minimum absolute atomic E-state index is 0.0115. The summed E-state index contributed by atoms with van der Waals surface area (Å²) in [7, 11) is 1.32. The average molecular weight is 265 g/mol. The maximum absolute atomic E-state index is 11.5. The Hall–Kier alpha value is -0.620. The number of Topliss-reactive ketones (excluding diaryl/α,β-unsaturated/α-hetero) is 1. The second-order valence-electron chi connectivity index (χ2n) is 2.98. The van der Waals surface area contributed by atoms with Crippen LogP contribution >= 0.6 is 15.9 Å². The van der Waals surface area contributed by atoms with Crippen molar-refractivity contribution in [1.82, 2.24) is 10.2 Å². The topological polar surface area (TPSA) is 58.6 Å². The van der Waals surface area contributed by atoms with Crippen LogP contribution < -0.4 is 5.32 Å². The Morgan fingerprint density at radius 2 is 2.36 bits per heavy atom. The molecule has 1 saturated heterocycles. The molecule has 0 saturated carbocycles. The van der Waals surface area contributed by atoms with Gasteiger partial charge in [0.1, 0.15) is 6.04 Å². The van der Waals surface area contributed by atoms with E-state index >= 15 is 0 Å². The van der Waals surface area contributed by atoms with E-state index in [9.17, 15) is 9.59 Å². The Bertz CT molecular complexity index is 211. The van der Waals surface area contributed by atoms with Crippen molar-refractivity contribution in [3.63, 3.8) is 0 Å². The molecule has 6 heteroatoms. The lowest BCUT2D eigenvalue weighted by Crippen LogP contribution is -2.57. The molecule has 1 aliphatic heterocycles. The summed E-state index contributed by atoms with van der Waals surface area (Å²) < 4.78 is 4.61. The van der Waals surface area contributed by atoms with E-state index in [1.165, 1.54) is 12.0 Å². The number of carbonyl (C=O) groups is 2. The standard InChI is InChI=1S/C8H13BrN2O3/c1-14-8(13)11-3-2-10-5-6(11)7(12)4-9/h6,10H,2-5H2,1H3. The van der Waals surface area contributed by atoms with Gasteiger partial charge in [-0.2, -0.15) is 0 Å². The lowest BCUT2D eigenvalue weighted by Gasteiger charge is -2.33. The predicted octanol–water partition coefficient (Wildman–Crippen LogP) is -0.00940. The first-order valence-electron chi connectivity index (χ1n) is 4.34. The number of hydrogen-bond donors (Lipinski definition) is 1. The molecule has 1 heterocycles. The SMILES string of the molecule is COC(=O)N1CCNCC1C(=O)CBr. The lowest BCUT2D eigenvalue weighted by molar-refractivity contribution is -0.121. The molecule has 80 valence electrons. The highest BCUT2D eigenvalue weighted by Crippen LogP contribution is 2.07. The van der Waals surface area contributed by atoms with Gasteiger partial charge in [0.15, 0.2) is 5.78 Å². The van der Waals surface area contributed by atoms with Gasteiger partial charge in [-0.1, -0.05) is 15.9 Å². The molecule has 0 radical (unpaired) electrons. The van der Waals surface area contributed by atoms with Gasteiger partial charge >= 0.3 is 6.09 Å². The number of amides is 1. The monoisotopic (exact) mass is 264 g/mol. The summed E-state index contributed by atoms with van der Waals surface area (Å²) in [6.07, 6.45) is -0.439. The third-order valence-corrected chi connectivity index (χ3v) is 2.71. The Morgan fingerprint density at radius 3 is 2.93 bits per heavy atom. The third kappa shape index (κ3) is 2.45. The number of hydrogen-bond acceptors (Lipinski definition) is 4. The molecule has 14 heavy (non-hydrogen) atoms. The van der Waals surface area contributed by atoms with E-state index in [4.69, 9.17) is 0 Å². The first-order chi connectivity index (χ1) is 6.70. The molecule has 1 N–H and O–H groups in total. The van der Waals surface area contributed by atoms with Crippen molar-refractivity contribution in [3.8, 4) is 0 Å². The number of nitrogens with zero attached hydrogens (tertiary/aromatic N) is 1. The van der Waals surface area contributed by atoms with Crippen LogP contribution in [0.2, 0.25) is 0 Å². The molecule has 1 atom stereocenters. The molecule has 0 aromatic heterocycles. The second-order valence-corrected chi connectivity index (χ2v) is 3.54. The number of piperazine rings is 1. The zero-order valence-electron chi connectivity index (χ0n) is 7.96. The first-order valence-corrected chi connectivity index (χ1v) is 5.46. The smallest absolute Gasteiger partial charge is 0.410 e. The van der Waals surface area contributed by atoms with Crippen molar-refractivity contribution >= 4 is 27.8 Å². The van der Waals surface area contributed by atoms with Crippen LogP contribution in [0.4, 0.5) is 4.79 Å². The number of methoxy groups -OCH3 is 1. The van der Waals surface area contributed by atoms with Crippen LogP contribution in [-0.4, -0.2) is 54.9 Å². The highest BCUT2D eigenvalue weighted by molar-refractivity contribution is 9.09. The van der Waals surface area contributed by atoms with Gasteiger partial charge < -0.3 is 10.1 Å². The molecular formula is C8H13BrN2O3. The number of ketones is 1. The van der Waals surface area contributed by atoms with Gasteiger partial charge in [0, 0.05) is 19.6 Å². The molecule has 0 aromatic carbocycles. The Balaban J connectivity index is 2.68. The number of carbonyl (C=O) groups excluding carboxylic acids is 2. The molecule has 1 unspecified atom stereocenters. The van der Waals surface area contributed by atoms with Crippen molar-refractivity contribution < 1.29 is 14.3 Å². The van der Waals surface area contributed by atoms with E-state index in [2.05, 4.69) is 26.0 Å². The minimum Gasteiger partial charge on any atom is -0.453 e. The van der Waals surface area contributed by atoms with Crippen molar-refractivity contribution in [3.05, 3.63) is 0 Å².